The molecule has 25 heavy (non-hydrogen) atoms. The highest BCUT2D eigenvalue weighted by atomic mass is 32.1. The lowest BCUT2D eigenvalue weighted by Crippen LogP contribution is -2.24. The van der Waals surface area contributed by atoms with Gasteiger partial charge in [-0.25, -0.2) is 4.39 Å². The second-order valence-corrected chi connectivity index (χ2v) is 6.74. The van der Waals surface area contributed by atoms with Crippen molar-refractivity contribution in [2.75, 3.05) is 6.54 Å². The van der Waals surface area contributed by atoms with Crippen LogP contribution in [0.15, 0.2) is 41.9 Å². The number of hydrogen-bond donors (Lipinski definition) is 1. The number of nitrogens with one attached hydrogen (secondary N) is 1. The lowest BCUT2D eigenvalue weighted by molar-refractivity contribution is 0.0958. The number of aryl methyl sites for hydroxylation is 2. The number of halogens is 1. The van der Waals surface area contributed by atoms with E-state index in [-0.39, 0.29) is 11.7 Å². The van der Waals surface area contributed by atoms with Gasteiger partial charge in [-0.3, -0.25) is 9.48 Å². The molecule has 4 nitrogen and oxygen atoms in total. The number of carbonyl (C=O) groups excluding carboxylic acids is 1. The van der Waals surface area contributed by atoms with Crippen molar-refractivity contribution in [1.82, 2.24) is 15.1 Å². The maximum absolute atomic E-state index is 12.9. The zero-order chi connectivity index (χ0) is 17.8. The van der Waals surface area contributed by atoms with Crippen LogP contribution in [0.4, 0.5) is 4.39 Å². The van der Waals surface area contributed by atoms with Crippen LogP contribution in [-0.4, -0.2) is 22.2 Å². The highest BCUT2D eigenvalue weighted by Gasteiger charge is 2.14. The topological polar surface area (TPSA) is 46.9 Å². The summed E-state index contributed by atoms with van der Waals surface area (Å²) in [7, 11) is 0. The van der Waals surface area contributed by atoms with Crippen LogP contribution in [0.3, 0.4) is 0 Å². The molecule has 1 N–H and O–H groups in total. The SMILES string of the molecule is CCn1ncc(C)c1-c1csc(C(=O)NCCc2ccc(F)cc2)c1. The Balaban J connectivity index is 1.62. The quantitative estimate of drug-likeness (QED) is 0.723. The van der Waals surface area contributed by atoms with E-state index in [0.717, 1.165) is 28.9 Å². The van der Waals surface area contributed by atoms with Gasteiger partial charge < -0.3 is 5.32 Å². The van der Waals surface area contributed by atoms with Gasteiger partial charge in [-0.15, -0.1) is 11.3 Å². The van der Waals surface area contributed by atoms with Crippen LogP contribution in [0.1, 0.15) is 27.7 Å². The molecular weight excluding hydrogens is 337 g/mol. The fourth-order valence-corrected chi connectivity index (χ4v) is 3.54. The van der Waals surface area contributed by atoms with Crippen LogP contribution in [0.25, 0.3) is 11.3 Å². The Morgan fingerprint density at radius 3 is 2.80 bits per heavy atom. The van der Waals surface area contributed by atoms with E-state index >= 15 is 0 Å². The van der Waals surface area contributed by atoms with Crippen molar-refractivity contribution in [3.8, 4) is 11.3 Å². The maximum atomic E-state index is 12.9. The Hall–Kier alpha value is -2.47. The zero-order valence-corrected chi connectivity index (χ0v) is 15.1. The van der Waals surface area contributed by atoms with Gasteiger partial charge in [0.15, 0.2) is 0 Å². The number of rotatable bonds is 6. The molecule has 130 valence electrons. The van der Waals surface area contributed by atoms with Crippen molar-refractivity contribution in [2.24, 2.45) is 0 Å². The van der Waals surface area contributed by atoms with Crippen molar-refractivity contribution in [3.63, 3.8) is 0 Å². The predicted octanol–water partition coefficient (Wildman–Crippen LogP) is 4.05. The van der Waals surface area contributed by atoms with Gasteiger partial charge in [0.05, 0.1) is 16.8 Å². The molecule has 0 atom stereocenters. The van der Waals surface area contributed by atoms with Gasteiger partial charge in [-0.2, -0.15) is 5.10 Å². The van der Waals surface area contributed by atoms with Crippen LogP contribution >= 0.6 is 11.3 Å². The van der Waals surface area contributed by atoms with E-state index in [9.17, 15) is 9.18 Å². The third-order valence-electron chi connectivity index (χ3n) is 4.03. The second-order valence-electron chi connectivity index (χ2n) is 5.82. The predicted molar refractivity (Wildman–Crippen MR) is 98.4 cm³/mol. The van der Waals surface area contributed by atoms with Gasteiger partial charge in [0.25, 0.3) is 5.91 Å². The molecule has 3 aromatic rings. The normalized spacial score (nSPS) is 10.8. The molecule has 0 spiro atoms. The first kappa shape index (κ1) is 17.4. The number of thiophene rings is 1. The Morgan fingerprint density at radius 2 is 2.08 bits per heavy atom. The fourth-order valence-electron chi connectivity index (χ4n) is 2.73. The Bertz CT molecular complexity index is 867. The lowest BCUT2D eigenvalue weighted by Gasteiger charge is -2.05. The average molecular weight is 357 g/mol. The molecule has 0 saturated heterocycles. The number of benzene rings is 1. The highest BCUT2D eigenvalue weighted by Crippen LogP contribution is 2.28. The molecule has 0 fully saturated rings. The minimum atomic E-state index is -0.250. The summed E-state index contributed by atoms with van der Waals surface area (Å²) < 4.78 is 14.8. The fraction of sp³-hybridized carbons (Fsp3) is 0.263. The zero-order valence-electron chi connectivity index (χ0n) is 14.3. The molecule has 0 unspecified atom stereocenters. The average Bonchev–Trinajstić information content (AvgIpc) is 3.22. The first-order valence-corrected chi connectivity index (χ1v) is 9.10. The van der Waals surface area contributed by atoms with Gasteiger partial charge in [0, 0.05) is 24.0 Å². The van der Waals surface area contributed by atoms with E-state index in [1.54, 1.807) is 12.1 Å². The second kappa shape index (κ2) is 7.61. The molecule has 3 rings (SSSR count). The Kier molecular flexibility index (Phi) is 5.28. The third-order valence-corrected chi connectivity index (χ3v) is 4.96. The maximum Gasteiger partial charge on any atom is 0.261 e. The molecule has 2 aromatic heterocycles. The number of nitrogens with zero attached hydrogens (tertiary/aromatic N) is 2. The van der Waals surface area contributed by atoms with Gasteiger partial charge in [0.1, 0.15) is 5.82 Å². The van der Waals surface area contributed by atoms with Crippen molar-refractivity contribution in [2.45, 2.75) is 26.8 Å². The summed E-state index contributed by atoms with van der Waals surface area (Å²) >= 11 is 1.43. The molecule has 0 bridgehead atoms. The van der Waals surface area contributed by atoms with Crippen molar-refractivity contribution < 1.29 is 9.18 Å². The highest BCUT2D eigenvalue weighted by molar-refractivity contribution is 7.12. The first-order valence-electron chi connectivity index (χ1n) is 8.22. The van der Waals surface area contributed by atoms with Crippen molar-refractivity contribution >= 4 is 17.2 Å². The molecule has 0 aliphatic carbocycles. The standard InChI is InChI=1S/C19H20FN3OS/c1-3-23-18(13(2)11-22-23)15-10-17(25-12-15)19(24)21-9-8-14-4-6-16(20)7-5-14/h4-7,10-12H,3,8-9H2,1-2H3,(H,21,24). The number of hydrogen-bond acceptors (Lipinski definition) is 3. The van der Waals surface area contributed by atoms with Crippen molar-refractivity contribution in [1.29, 1.82) is 0 Å². The Morgan fingerprint density at radius 1 is 1.32 bits per heavy atom. The summed E-state index contributed by atoms with van der Waals surface area (Å²) in [5.41, 5.74) is 4.17. The third kappa shape index (κ3) is 3.96. The first-order chi connectivity index (χ1) is 12.1. The smallest absolute Gasteiger partial charge is 0.261 e. The van der Waals surface area contributed by atoms with Crippen LogP contribution in [-0.2, 0) is 13.0 Å². The summed E-state index contributed by atoms with van der Waals surface area (Å²) in [5.74, 6) is -0.334. The molecular formula is C19H20FN3OS. The summed E-state index contributed by atoms with van der Waals surface area (Å²) in [4.78, 5) is 13.0. The minimum Gasteiger partial charge on any atom is -0.351 e. The summed E-state index contributed by atoms with van der Waals surface area (Å²) in [5, 5.41) is 9.26. The molecule has 0 saturated carbocycles. The number of aromatic nitrogens is 2. The summed E-state index contributed by atoms with van der Waals surface area (Å²) in [6, 6.07) is 8.25. The minimum absolute atomic E-state index is 0.0846. The van der Waals surface area contributed by atoms with E-state index < -0.39 is 0 Å². The van der Waals surface area contributed by atoms with Crippen molar-refractivity contribution in [3.05, 3.63) is 63.7 Å². The van der Waals surface area contributed by atoms with Crippen LogP contribution in [0.5, 0.6) is 0 Å². The number of amides is 1. The van der Waals surface area contributed by atoms with E-state index in [2.05, 4.69) is 10.4 Å². The Labute approximate surface area is 150 Å². The monoisotopic (exact) mass is 357 g/mol. The van der Waals surface area contributed by atoms with Gasteiger partial charge in [0.2, 0.25) is 0 Å². The molecule has 2 heterocycles. The number of carbonyl (C=O) groups is 1. The van der Waals surface area contributed by atoms with Gasteiger partial charge in [-0.05, 0) is 49.6 Å². The molecule has 0 aliphatic heterocycles. The molecule has 0 radical (unpaired) electrons. The van der Waals surface area contributed by atoms with E-state index in [1.807, 2.05) is 36.2 Å². The van der Waals surface area contributed by atoms with E-state index in [4.69, 9.17) is 0 Å². The van der Waals surface area contributed by atoms with Gasteiger partial charge >= 0.3 is 0 Å². The van der Waals surface area contributed by atoms with Crippen LogP contribution < -0.4 is 5.32 Å². The lowest BCUT2D eigenvalue weighted by atomic mass is 10.1. The van der Waals surface area contributed by atoms with Crippen LogP contribution in [0, 0.1) is 12.7 Å². The molecule has 0 aliphatic rings. The summed E-state index contributed by atoms with van der Waals surface area (Å²) in [6.45, 7) is 5.38. The molecule has 1 aromatic carbocycles. The largest absolute Gasteiger partial charge is 0.351 e. The molecule has 1 amide bonds. The summed E-state index contributed by atoms with van der Waals surface area (Å²) in [6.07, 6.45) is 2.52. The van der Waals surface area contributed by atoms with E-state index in [0.29, 0.717) is 17.8 Å². The van der Waals surface area contributed by atoms with Crippen LogP contribution in [0.2, 0.25) is 0 Å². The van der Waals surface area contributed by atoms with Gasteiger partial charge in [-0.1, -0.05) is 12.1 Å². The van der Waals surface area contributed by atoms with E-state index in [1.165, 1.54) is 23.5 Å². The molecule has 6 heteroatoms.